The predicted molar refractivity (Wildman–Crippen MR) is 67.7 cm³/mol. The zero-order valence-corrected chi connectivity index (χ0v) is 10.3. The van der Waals surface area contributed by atoms with Gasteiger partial charge in [-0.05, 0) is 30.9 Å². The Morgan fingerprint density at radius 1 is 1.50 bits per heavy atom. The van der Waals surface area contributed by atoms with Gasteiger partial charge in [0.1, 0.15) is 0 Å². The maximum atomic E-state index is 4.19. The summed E-state index contributed by atoms with van der Waals surface area (Å²) in [6.45, 7) is 4.15. The van der Waals surface area contributed by atoms with Gasteiger partial charge in [-0.25, -0.2) is 0 Å². The molecule has 16 heavy (non-hydrogen) atoms. The van der Waals surface area contributed by atoms with E-state index in [1.54, 1.807) is 0 Å². The predicted octanol–water partition coefficient (Wildman–Crippen LogP) is 2.17. The summed E-state index contributed by atoms with van der Waals surface area (Å²) in [5, 5.41) is 9.83. The Kier molecular flexibility index (Phi) is 4.13. The van der Waals surface area contributed by atoms with E-state index in [9.17, 15) is 0 Å². The van der Waals surface area contributed by atoms with Crippen molar-refractivity contribution in [2.24, 2.45) is 0 Å². The van der Waals surface area contributed by atoms with Crippen molar-refractivity contribution in [2.75, 3.05) is 6.54 Å². The van der Waals surface area contributed by atoms with Crippen LogP contribution < -0.4 is 5.32 Å². The minimum absolute atomic E-state index is 0.458. The minimum atomic E-state index is 0.458. The molecule has 0 saturated heterocycles. The van der Waals surface area contributed by atoms with Crippen LogP contribution in [0, 0.1) is 0 Å². The van der Waals surface area contributed by atoms with E-state index in [0.29, 0.717) is 6.04 Å². The topological polar surface area (TPSA) is 29.9 Å². The second-order valence-electron chi connectivity index (χ2n) is 3.91. The average Bonchev–Trinajstić information content (AvgIpc) is 2.90. The third-order valence-electron chi connectivity index (χ3n) is 2.46. The Balaban J connectivity index is 1.66. The fourth-order valence-corrected chi connectivity index (χ4v) is 2.36. The molecule has 1 N–H and O–H groups in total. The molecule has 2 rings (SSSR count). The van der Waals surface area contributed by atoms with E-state index in [4.69, 9.17) is 0 Å². The minimum Gasteiger partial charge on any atom is -0.312 e. The van der Waals surface area contributed by atoms with Gasteiger partial charge in [-0.15, -0.1) is 11.3 Å². The number of nitrogens with one attached hydrogen (secondary N) is 1. The van der Waals surface area contributed by atoms with Crippen molar-refractivity contribution in [3.05, 3.63) is 40.8 Å². The van der Waals surface area contributed by atoms with E-state index in [0.717, 1.165) is 19.5 Å². The highest BCUT2D eigenvalue weighted by atomic mass is 32.1. The lowest BCUT2D eigenvalue weighted by Gasteiger charge is -2.13. The number of hydrogen-bond donors (Lipinski definition) is 1. The molecule has 4 heteroatoms. The summed E-state index contributed by atoms with van der Waals surface area (Å²) in [6, 6.07) is 6.70. The van der Waals surface area contributed by atoms with Gasteiger partial charge in [0.25, 0.3) is 0 Å². The van der Waals surface area contributed by atoms with Crippen LogP contribution in [0.25, 0.3) is 0 Å². The molecule has 0 aliphatic carbocycles. The normalized spacial score (nSPS) is 12.8. The van der Waals surface area contributed by atoms with Gasteiger partial charge in [-0.1, -0.05) is 6.07 Å². The van der Waals surface area contributed by atoms with Crippen molar-refractivity contribution in [1.29, 1.82) is 0 Å². The summed E-state index contributed by atoms with van der Waals surface area (Å²) in [5.41, 5.74) is 0. The van der Waals surface area contributed by atoms with Gasteiger partial charge in [0.2, 0.25) is 0 Å². The maximum Gasteiger partial charge on any atom is 0.0559 e. The van der Waals surface area contributed by atoms with Gasteiger partial charge in [-0.3, -0.25) is 4.68 Å². The molecule has 0 aliphatic heterocycles. The molecule has 0 radical (unpaired) electrons. The number of rotatable bonds is 6. The first-order valence-corrected chi connectivity index (χ1v) is 6.46. The van der Waals surface area contributed by atoms with E-state index in [1.807, 2.05) is 34.5 Å². The van der Waals surface area contributed by atoms with Crippen molar-refractivity contribution in [2.45, 2.75) is 25.9 Å². The highest BCUT2D eigenvalue weighted by molar-refractivity contribution is 7.09. The Labute approximate surface area is 100 Å². The molecule has 0 fully saturated rings. The molecule has 0 aromatic carbocycles. The summed E-state index contributed by atoms with van der Waals surface area (Å²) < 4.78 is 1.96. The zero-order chi connectivity index (χ0) is 11.2. The van der Waals surface area contributed by atoms with Gasteiger partial charge in [0, 0.05) is 29.9 Å². The molecule has 0 spiro atoms. The number of nitrogens with zero attached hydrogens (tertiary/aromatic N) is 2. The monoisotopic (exact) mass is 235 g/mol. The van der Waals surface area contributed by atoms with Crippen molar-refractivity contribution < 1.29 is 0 Å². The summed E-state index contributed by atoms with van der Waals surface area (Å²) in [7, 11) is 0. The summed E-state index contributed by atoms with van der Waals surface area (Å²) in [6.07, 6.45) is 4.93. The molecule has 0 bridgehead atoms. The van der Waals surface area contributed by atoms with Crippen LogP contribution >= 0.6 is 11.3 Å². The fourth-order valence-electron chi connectivity index (χ4n) is 1.65. The first-order chi connectivity index (χ1) is 7.84. The number of hydrogen-bond acceptors (Lipinski definition) is 3. The Hall–Kier alpha value is -1.13. The standard InChI is InChI=1S/C12H17N3S/c1-11(10-15-8-3-6-14-15)13-7-5-12-4-2-9-16-12/h2-4,6,8-9,11,13H,5,7,10H2,1H3/t11-/m0/s1. The Morgan fingerprint density at radius 2 is 2.44 bits per heavy atom. The molecule has 0 saturated carbocycles. The average molecular weight is 235 g/mol. The quantitative estimate of drug-likeness (QED) is 0.831. The first-order valence-electron chi connectivity index (χ1n) is 5.58. The Bertz CT molecular complexity index is 380. The van der Waals surface area contributed by atoms with E-state index >= 15 is 0 Å². The highest BCUT2D eigenvalue weighted by Crippen LogP contribution is 2.08. The second kappa shape index (κ2) is 5.82. The van der Waals surface area contributed by atoms with E-state index < -0.39 is 0 Å². The third kappa shape index (κ3) is 3.47. The van der Waals surface area contributed by atoms with Crippen LogP contribution in [0.5, 0.6) is 0 Å². The third-order valence-corrected chi connectivity index (χ3v) is 3.40. The van der Waals surface area contributed by atoms with Gasteiger partial charge in [0.15, 0.2) is 0 Å². The number of aromatic nitrogens is 2. The lowest BCUT2D eigenvalue weighted by Crippen LogP contribution is -2.32. The zero-order valence-electron chi connectivity index (χ0n) is 9.47. The number of thiophene rings is 1. The van der Waals surface area contributed by atoms with Gasteiger partial charge in [-0.2, -0.15) is 5.10 Å². The highest BCUT2D eigenvalue weighted by Gasteiger charge is 2.02. The molecule has 2 aromatic heterocycles. The summed E-state index contributed by atoms with van der Waals surface area (Å²) in [5.74, 6) is 0. The summed E-state index contributed by atoms with van der Waals surface area (Å²) in [4.78, 5) is 1.44. The molecular weight excluding hydrogens is 218 g/mol. The van der Waals surface area contributed by atoms with Crippen LogP contribution in [0.3, 0.4) is 0 Å². The molecule has 0 unspecified atom stereocenters. The molecule has 2 aromatic rings. The molecule has 1 atom stereocenters. The van der Waals surface area contributed by atoms with Gasteiger partial charge >= 0.3 is 0 Å². The SMILES string of the molecule is C[C@@H](Cn1cccn1)NCCc1cccs1. The van der Waals surface area contributed by atoms with Crippen LogP contribution in [0.15, 0.2) is 36.0 Å². The summed E-state index contributed by atoms with van der Waals surface area (Å²) >= 11 is 1.82. The van der Waals surface area contributed by atoms with Crippen molar-refractivity contribution in [3.8, 4) is 0 Å². The van der Waals surface area contributed by atoms with Crippen molar-refractivity contribution >= 4 is 11.3 Å². The molecule has 3 nitrogen and oxygen atoms in total. The maximum absolute atomic E-state index is 4.19. The molecular formula is C12H17N3S. The Morgan fingerprint density at radius 3 is 3.12 bits per heavy atom. The van der Waals surface area contributed by atoms with E-state index in [-0.39, 0.29) is 0 Å². The van der Waals surface area contributed by atoms with Crippen molar-refractivity contribution in [3.63, 3.8) is 0 Å². The lowest BCUT2D eigenvalue weighted by molar-refractivity contribution is 0.455. The van der Waals surface area contributed by atoms with Crippen LogP contribution in [0.4, 0.5) is 0 Å². The van der Waals surface area contributed by atoms with E-state index in [1.165, 1.54) is 4.88 Å². The molecule has 0 aliphatic rings. The molecule has 0 amide bonds. The van der Waals surface area contributed by atoms with Gasteiger partial charge in [0.05, 0.1) is 6.54 Å². The van der Waals surface area contributed by atoms with Crippen LogP contribution in [0.2, 0.25) is 0 Å². The first kappa shape index (κ1) is 11.4. The van der Waals surface area contributed by atoms with Crippen LogP contribution in [0.1, 0.15) is 11.8 Å². The van der Waals surface area contributed by atoms with E-state index in [2.05, 4.69) is 34.9 Å². The van der Waals surface area contributed by atoms with Gasteiger partial charge < -0.3 is 5.32 Å². The smallest absolute Gasteiger partial charge is 0.0559 e. The fraction of sp³-hybridized carbons (Fsp3) is 0.417. The lowest BCUT2D eigenvalue weighted by atomic mass is 10.3. The molecule has 86 valence electrons. The second-order valence-corrected chi connectivity index (χ2v) is 4.94. The molecule has 2 heterocycles. The largest absolute Gasteiger partial charge is 0.312 e. The van der Waals surface area contributed by atoms with Crippen molar-refractivity contribution in [1.82, 2.24) is 15.1 Å². The van der Waals surface area contributed by atoms with Crippen LogP contribution in [-0.4, -0.2) is 22.4 Å². The van der Waals surface area contributed by atoms with Crippen LogP contribution in [-0.2, 0) is 13.0 Å².